The SMILES string of the molecule is CCCc1nn(C)c2c1nc(CCCl)n2CC(N)=O. The summed E-state index contributed by atoms with van der Waals surface area (Å²) in [5.41, 5.74) is 7.95. The molecule has 0 radical (unpaired) electrons. The number of fused-ring (bicyclic) bond motifs is 1. The number of rotatable bonds is 6. The molecule has 0 saturated carbocycles. The second kappa shape index (κ2) is 5.61. The molecule has 0 atom stereocenters. The van der Waals surface area contributed by atoms with Crippen molar-refractivity contribution in [2.24, 2.45) is 12.8 Å². The number of carbonyl (C=O) groups is 1. The van der Waals surface area contributed by atoms with Crippen molar-refractivity contribution < 1.29 is 4.79 Å². The minimum atomic E-state index is -0.395. The summed E-state index contributed by atoms with van der Waals surface area (Å²) in [6.07, 6.45) is 2.47. The molecule has 0 unspecified atom stereocenters. The number of nitrogens with two attached hydrogens (primary N) is 1. The Kier molecular flexibility index (Phi) is 4.09. The predicted molar refractivity (Wildman–Crippen MR) is 74.1 cm³/mol. The molecule has 7 heteroatoms. The summed E-state index contributed by atoms with van der Waals surface area (Å²) >= 11 is 5.79. The number of hydrogen-bond acceptors (Lipinski definition) is 3. The van der Waals surface area contributed by atoms with E-state index < -0.39 is 5.91 Å². The van der Waals surface area contributed by atoms with Gasteiger partial charge in [-0.1, -0.05) is 13.3 Å². The van der Waals surface area contributed by atoms with E-state index in [4.69, 9.17) is 17.3 Å². The predicted octanol–water partition coefficient (Wildman–Crippen LogP) is 0.989. The number of primary amides is 1. The molecule has 2 rings (SSSR count). The van der Waals surface area contributed by atoms with Crippen molar-refractivity contribution in [1.82, 2.24) is 19.3 Å². The average molecular weight is 284 g/mol. The molecular weight excluding hydrogens is 266 g/mol. The van der Waals surface area contributed by atoms with E-state index in [-0.39, 0.29) is 6.54 Å². The number of halogens is 1. The lowest BCUT2D eigenvalue weighted by atomic mass is 10.2. The van der Waals surface area contributed by atoms with Crippen LogP contribution in [-0.2, 0) is 31.2 Å². The van der Waals surface area contributed by atoms with E-state index >= 15 is 0 Å². The highest BCUT2D eigenvalue weighted by Gasteiger charge is 2.19. The van der Waals surface area contributed by atoms with Crippen LogP contribution in [0.1, 0.15) is 24.9 Å². The van der Waals surface area contributed by atoms with Crippen molar-refractivity contribution in [2.75, 3.05) is 5.88 Å². The van der Waals surface area contributed by atoms with E-state index in [0.717, 1.165) is 35.5 Å². The summed E-state index contributed by atoms with van der Waals surface area (Å²) in [5, 5.41) is 4.46. The van der Waals surface area contributed by atoms with Crippen molar-refractivity contribution in [3.63, 3.8) is 0 Å². The van der Waals surface area contributed by atoms with Crippen LogP contribution in [0.4, 0.5) is 0 Å². The van der Waals surface area contributed by atoms with Gasteiger partial charge in [-0.3, -0.25) is 9.48 Å². The lowest BCUT2D eigenvalue weighted by Gasteiger charge is -2.06. The third-order valence-electron chi connectivity index (χ3n) is 2.99. The summed E-state index contributed by atoms with van der Waals surface area (Å²) in [7, 11) is 1.85. The van der Waals surface area contributed by atoms with Gasteiger partial charge in [-0.05, 0) is 6.42 Å². The van der Waals surface area contributed by atoms with Crippen molar-refractivity contribution in [3.8, 4) is 0 Å². The van der Waals surface area contributed by atoms with Crippen LogP contribution < -0.4 is 5.73 Å². The first-order valence-corrected chi connectivity index (χ1v) is 6.87. The normalized spacial score (nSPS) is 11.3. The molecule has 0 spiro atoms. The summed E-state index contributed by atoms with van der Waals surface area (Å²) in [4.78, 5) is 15.8. The number of imidazole rings is 1. The molecule has 0 aromatic carbocycles. The van der Waals surface area contributed by atoms with Gasteiger partial charge in [-0.25, -0.2) is 4.98 Å². The minimum Gasteiger partial charge on any atom is -0.368 e. The molecule has 2 aromatic heterocycles. The lowest BCUT2D eigenvalue weighted by Crippen LogP contribution is -2.21. The third-order valence-corrected chi connectivity index (χ3v) is 3.18. The molecule has 2 aromatic rings. The Balaban J connectivity index is 2.59. The average Bonchev–Trinajstić information content (AvgIpc) is 2.81. The molecule has 1 amide bonds. The molecule has 0 aliphatic carbocycles. The monoisotopic (exact) mass is 283 g/mol. The van der Waals surface area contributed by atoms with Gasteiger partial charge in [0, 0.05) is 19.3 Å². The fourth-order valence-electron chi connectivity index (χ4n) is 2.29. The molecule has 2 N–H and O–H groups in total. The highest BCUT2D eigenvalue weighted by Crippen LogP contribution is 2.21. The van der Waals surface area contributed by atoms with E-state index in [1.54, 1.807) is 4.68 Å². The first kappa shape index (κ1) is 13.9. The second-order valence-corrected chi connectivity index (χ2v) is 4.89. The standard InChI is InChI=1S/C12H18ClN5O/c1-3-4-8-11-12(17(2)16-8)18(7-9(14)19)10(15-11)5-6-13/h3-7H2,1-2H3,(H2,14,19). The van der Waals surface area contributed by atoms with Gasteiger partial charge in [0.2, 0.25) is 5.91 Å². The highest BCUT2D eigenvalue weighted by molar-refractivity contribution is 6.17. The molecule has 6 nitrogen and oxygen atoms in total. The zero-order valence-electron chi connectivity index (χ0n) is 11.2. The minimum absolute atomic E-state index is 0.105. The summed E-state index contributed by atoms with van der Waals surface area (Å²) in [5.74, 6) is 0.848. The van der Waals surface area contributed by atoms with Crippen LogP contribution in [0.5, 0.6) is 0 Å². The molecule has 0 fully saturated rings. The number of amides is 1. The molecule has 0 saturated heterocycles. The van der Waals surface area contributed by atoms with Crippen LogP contribution in [0.3, 0.4) is 0 Å². The van der Waals surface area contributed by atoms with Crippen LogP contribution in [0.2, 0.25) is 0 Å². The zero-order chi connectivity index (χ0) is 14.0. The quantitative estimate of drug-likeness (QED) is 0.803. The van der Waals surface area contributed by atoms with Crippen molar-refractivity contribution in [1.29, 1.82) is 0 Å². The number of aromatic nitrogens is 4. The highest BCUT2D eigenvalue weighted by atomic mass is 35.5. The third kappa shape index (κ3) is 2.58. The van der Waals surface area contributed by atoms with E-state index in [1.165, 1.54) is 0 Å². The number of nitrogens with zero attached hydrogens (tertiary/aromatic N) is 4. The van der Waals surface area contributed by atoms with Gasteiger partial charge in [0.1, 0.15) is 17.9 Å². The molecule has 0 aliphatic heterocycles. The maximum Gasteiger partial charge on any atom is 0.237 e. The van der Waals surface area contributed by atoms with Gasteiger partial charge in [-0.2, -0.15) is 5.10 Å². The molecule has 2 heterocycles. The molecular formula is C12H18ClN5O. The first-order chi connectivity index (χ1) is 9.08. The second-order valence-electron chi connectivity index (χ2n) is 4.51. The fraction of sp³-hybridized carbons (Fsp3) is 0.583. The largest absolute Gasteiger partial charge is 0.368 e. The fourth-order valence-corrected chi connectivity index (χ4v) is 2.46. The lowest BCUT2D eigenvalue weighted by molar-refractivity contribution is -0.118. The van der Waals surface area contributed by atoms with Gasteiger partial charge in [0.25, 0.3) is 0 Å². The summed E-state index contributed by atoms with van der Waals surface area (Å²) < 4.78 is 3.57. The van der Waals surface area contributed by atoms with Crippen LogP contribution in [0.15, 0.2) is 0 Å². The Labute approximate surface area is 116 Å². The Bertz CT molecular complexity index is 601. The molecule has 104 valence electrons. The first-order valence-electron chi connectivity index (χ1n) is 6.33. The van der Waals surface area contributed by atoms with Gasteiger partial charge in [0.15, 0.2) is 5.65 Å². The maximum atomic E-state index is 11.2. The molecule has 0 bridgehead atoms. The van der Waals surface area contributed by atoms with E-state index in [2.05, 4.69) is 17.0 Å². The van der Waals surface area contributed by atoms with Gasteiger partial charge in [-0.15, -0.1) is 11.6 Å². The Morgan fingerprint density at radius 2 is 2.16 bits per heavy atom. The zero-order valence-corrected chi connectivity index (χ0v) is 11.9. The van der Waals surface area contributed by atoms with E-state index in [0.29, 0.717) is 12.3 Å². The van der Waals surface area contributed by atoms with Gasteiger partial charge in [0.05, 0.1) is 5.69 Å². The van der Waals surface area contributed by atoms with E-state index in [1.807, 2.05) is 11.6 Å². The number of carbonyl (C=O) groups excluding carboxylic acids is 1. The maximum absolute atomic E-state index is 11.2. The van der Waals surface area contributed by atoms with Crippen LogP contribution >= 0.6 is 11.6 Å². The molecule has 19 heavy (non-hydrogen) atoms. The van der Waals surface area contributed by atoms with Crippen LogP contribution in [0, 0.1) is 0 Å². The van der Waals surface area contributed by atoms with Crippen LogP contribution in [0.25, 0.3) is 11.2 Å². The van der Waals surface area contributed by atoms with Crippen molar-refractivity contribution in [3.05, 3.63) is 11.5 Å². The van der Waals surface area contributed by atoms with Crippen molar-refractivity contribution >= 4 is 28.7 Å². The van der Waals surface area contributed by atoms with E-state index in [9.17, 15) is 4.79 Å². The Morgan fingerprint density at radius 3 is 2.74 bits per heavy atom. The van der Waals surface area contributed by atoms with Crippen molar-refractivity contribution in [2.45, 2.75) is 32.7 Å². The van der Waals surface area contributed by atoms with Gasteiger partial charge < -0.3 is 10.3 Å². The molecule has 0 aliphatic rings. The van der Waals surface area contributed by atoms with Crippen LogP contribution in [-0.4, -0.2) is 31.1 Å². The number of alkyl halides is 1. The van der Waals surface area contributed by atoms with Gasteiger partial charge >= 0.3 is 0 Å². The number of hydrogen-bond donors (Lipinski definition) is 1. The summed E-state index contributed by atoms with van der Waals surface area (Å²) in [6, 6.07) is 0. The smallest absolute Gasteiger partial charge is 0.237 e. The topological polar surface area (TPSA) is 78.7 Å². The Morgan fingerprint density at radius 1 is 1.42 bits per heavy atom. The summed E-state index contributed by atoms with van der Waals surface area (Å²) in [6.45, 7) is 2.20. The Hall–Kier alpha value is -1.56. The number of aryl methyl sites for hydroxylation is 3.